The molecule has 0 N–H and O–H groups in total. The fraction of sp³-hybridized carbons (Fsp3) is 0.111. The van der Waals surface area contributed by atoms with E-state index in [1.807, 2.05) is 36.4 Å². The van der Waals surface area contributed by atoms with Crippen LogP contribution in [0.5, 0.6) is 0 Å². The fourth-order valence-electron chi connectivity index (χ4n) is 2.75. The normalized spacial score (nSPS) is 11.1. The summed E-state index contributed by atoms with van der Waals surface area (Å²) in [5.41, 5.74) is 0. The topological polar surface area (TPSA) is 0 Å². The number of hydrogen-bond acceptors (Lipinski definition) is 0. The average Bonchev–Trinajstić information content (AvgIpc) is 2.48. The SMILES string of the molecule is C=CC[Si](CC=C)(c1ccc(Cl)cc1)c1ccc(Cl)cc1. The zero-order valence-electron chi connectivity index (χ0n) is 11.9. The van der Waals surface area contributed by atoms with E-state index in [1.54, 1.807) is 0 Å². The minimum absolute atomic E-state index is 0.759. The van der Waals surface area contributed by atoms with Crippen LogP contribution in [0.1, 0.15) is 0 Å². The van der Waals surface area contributed by atoms with E-state index < -0.39 is 8.07 Å². The van der Waals surface area contributed by atoms with Crippen molar-refractivity contribution in [2.45, 2.75) is 12.1 Å². The van der Waals surface area contributed by atoms with Crippen molar-refractivity contribution in [3.05, 3.63) is 83.9 Å². The van der Waals surface area contributed by atoms with Gasteiger partial charge in [0, 0.05) is 10.0 Å². The molecule has 0 heterocycles. The van der Waals surface area contributed by atoms with Crippen LogP contribution in [0, 0.1) is 0 Å². The van der Waals surface area contributed by atoms with Gasteiger partial charge in [0.1, 0.15) is 8.07 Å². The van der Waals surface area contributed by atoms with Gasteiger partial charge < -0.3 is 0 Å². The van der Waals surface area contributed by atoms with E-state index in [-0.39, 0.29) is 0 Å². The third-order valence-corrected chi connectivity index (χ3v) is 9.13. The molecule has 0 saturated heterocycles. The first-order valence-electron chi connectivity index (χ1n) is 6.86. The molecule has 0 aliphatic heterocycles. The Kier molecular flexibility index (Phi) is 5.46. The first-order valence-corrected chi connectivity index (χ1v) is 10.0. The third-order valence-electron chi connectivity index (χ3n) is 3.78. The van der Waals surface area contributed by atoms with Crippen molar-refractivity contribution in [1.82, 2.24) is 0 Å². The van der Waals surface area contributed by atoms with E-state index in [2.05, 4.69) is 37.4 Å². The molecule has 3 heteroatoms. The average molecular weight is 333 g/mol. The molecule has 0 atom stereocenters. The Bertz CT molecular complexity index is 557. The summed E-state index contributed by atoms with van der Waals surface area (Å²) < 4.78 is 0. The first-order chi connectivity index (χ1) is 10.1. The van der Waals surface area contributed by atoms with E-state index in [0.717, 1.165) is 22.1 Å². The van der Waals surface area contributed by atoms with Gasteiger partial charge in [-0.3, -0.25) is 0 Å². The number of rotatable bonds is 6. The lowest BCUT2D eigenvalue weighted by Gasteiger charge is -2.31. The van der Waals surface area contributed by atoms with Gasteiger partial charge in [-0.05, 0) is 36.4 Å². The molecular weight excluding hydrogens is 315 g/mol. The van der Waals surface area contributed by atoms with Gasteiger partial charge in [-0.1, -0.05) is 70.0 Å². The molecule has 0 aromatic heterocycles. The van der Waals surface area contributed by atoms with Gasteiger partial charge in [0.05, 0.1) is 0 Å². The lowest BCUT2D eigenvalue weighted by Crippen LogP contribution is -2.57. The van der Waals surface area contributed by atoms with Crippen LogP contribution in [0.25, 0.3) is 0 Å². The van der Waals surface area contributed by atoms with Gasteiger partial charge in [-0.25, -0.2) is 0 Å². The highest BCUT2D eigenvalue weighted by Gasteiger charge is 2.34. The van der Waals surface area contributed by atoms with E-state index in [4.69, 9.17) is 23.2 Å². The van der Waals surface area contributed by atoms with Crippen molar-refractivity contribution >= 4 is 41.6 Å². The molecule has 0 saturated carbocycles. The molecule has 21 heavy (non-hydrogen) atoms. The summed E-state index contributed by atoms with van der Waals surface area (Å²) in [6.07, 6.45) is 4.03. The van der Waals surface area contributed by atoms with E-state index >= 15 is 0 Å². The predicted octanol–water partition coefficient (Wildman–Crippen LogP) is 4.93. The minimum Gasteiger partial charge on any atom is -0.103 e. The Morgan fingerprint density at radius 2 is 1.05 bits per heavy atom. The van der Waals surface area contributed by atoms with Gasteiger partial charge >= 0.3 is 0 Å². The summed E-state index contributed by atoms with van der Waals surface area (Å²) in [5.74, 6) is 0. The highest BCUT2D eigenvalue weighted by atomic mass is 35.5. The molecule has 0 spiro atoms. The number of hydrogen-bond donors (Lipinski definition) is 0. The van der Waals surface area contributed by atoms with Crippen LogP contribution in [0.2, 0.25) is 22.1 Å². The zero-order valence-corrected chi connectivity index (χ0v) is 14.4. The summed E-state index contributed by atoms with van der Waals surface area (Å²) in [5, 5.41) is 4.20. The van der Waals surface area contributed by atoms with Gasteiger partial charge in [0.2, 0.25) is 0 Å². The maximum absolute atomic E-state index is 6.04. The molecule has 0 aliphatic carbocycles. The summed E-state index contributed by atoms with van der Waals surface area (Å²) in [4.78, 5) is 0. The summed E-state index contributed by atoms with van der Waals surface area (Å²) in [6, 6.07) is 18.3. The van der Waals surface area contributed by atoms with E-state index in [0.29, 0.717) is 0 Å². The molecule has 0 aliphatic rings. The van der Waals surface area contributed by atoms with Crippen LogP contribution in [-0.2, 0) is 0 Å². The molecular formula is C18H18Cl2Si. The Morgan fingerprint density at radius 1 is 0.714 bits per heavy atom. The summed E-state index contributed by atoms with van der Waals surface area (Å²) >= 11 is 12.1. The maximum Gasteiger partial charge on any atom is 0.125 e. The van der Waals surface area contributed by atoms with E-state index in [9.17, 15) is 0 Å². The van der Waals surface area contributed by atoms with Crippen LogP contribution in [0.3, 0.4) is 0 Å². The maximum atomic E-state index is 6.04. The second-order valence-corrected chi connectivity index (χ2v) is 10.1. The van der Waals surface area contributed by atoms with Crippen molar-refractivity contribution in [1.29, 1.82) is 0 Å². The largest absolute Gasteiger partial charge is 0.125 e. The molecule has 2 aromatic carbocycles. The van der Waals surface area contributed by atoms with Crippen molar-refractivity contribution in [2.75, 3.05) is 0 Å². The van der Waals surface area contributed by atoms with Gasteiger partial charge in [0.15, 0.2) is 0 Å². The molecule has 2 rings (SSSR count). The van der Waals surface area contributed by atoms with Crippen molar-refractivity contribution in [3.8, 4) is 0 Å². The Labute approximate surface area is 137 Å². The Morgan fingerprint density at radius 3 is 1.33 bits per heavy atom. The standard InChI is InChI=1S/C18H18Cl2Si/c1-3-13-21(14-4-2,17-9-5-15(19)6-10-17)18-11-7-16(20)8-12-18/h3-12H,1-2,13-14H2. The number of allylic oxidation sites excluding steroid dienone is 2. The summed E-state index contributed by atoms with van der Waals surface area (Å²) in [6.45, 7) is 7.92. The van der Waals surface area contributed by atoms with Crippen LogP contribution >= 0.6 is 23.2 Å². The molecule has 2 aromatic rings. The van der Waals surface area contributed by atoms with Crippen molar-refractivity contribution < 1.29 is 0 Å². The van der Waals surface area contributed by atoms with Crippen LogP contribution < -0.4 is 10.4 Å². The van der Waals surface area contributed by atoms with Crippen molar-refractivity contribution in [3.63, 3.8) is 0 Å². The molecule has 0 radical (unpaired) electrons. The quantitative estimate of drug-likeness (QED) is 0.519. The lowest BCUT2D eigenvalue weighted by atomic mass is 10.3. The number of halogens is 2. The number of benzene rings is 2. The molecule has 0 bridgehead atoms. The first kappa shape index (κ1) is 16.1. The molecule has 0 amide bonds. The molecule has 108 valence electrons. The highest BCUT2D eigenvalue weighted by molar-refractivity contribution is 7.02. The predicted molar refractivity (Wildman–Crippen MR) is 97.9 cm³/mol. The van der Waals surface area contributed by atoms with Gasteiger partial charge in [-0.2, -0.15) is 0 Å². The fourth-order valence-corrected chi connectivity index (χ4v) is 7.04. The van der Waals surface area contributed by atoms with Crippen molar-refractivity contribution in [2.24, 2.45) is 0 Å². The van der Waals surface area contributed by atoms with Crippen LogP contribution in [0.15, 0.2) is 73.8 Å². The molecule has 0 unspecified atom stereocenters. The summed E-state index contributed by atoms with van der Waals surface area (Å²) in [7, 11) is -1.95. The Hall–Kier alpha value is -1.28. The van der Waals surface area contributed by atoms with Crippen LogP contribution in [-0.4, -0.2) is 8.07 Å². The minimum atomic E-state index is -1.95. The van der Waals surface area contributed by atoms with Gasteiger partial charge in [-0.15, -0.1) is 13.2 Å². The third kappa shape index (κ3) is 3.49. The second kappa shape index (κ2) is 7.12. The monoisotopic (exact) mass is 332 g/mol. The van der Waals surface area contributed by atoms with E-state index in [1.165, 1.54) is 10.4 Å². The van der Waals surface area contributed by atoms with Gasteiger partial charge in [0.25, 0.3) is 0 Å². The highest BCUT2D eigenvalue weighted by Crippen LogP contribution is 2.20. The lowest BCUT2D eigenvalue weighted by molar-refractivity contribution is 1.47. The smallest absolute Gasteiger partial charge is 0.103 e. The zero-order chi connectivity index (χ0) is 15.3. The molecule has 0 fully saturated rings. The van der Waals surface area contributed by atoms with Crippen LogP contribution in [0.4, 0.5) is 0 Å². The second-order valence-electron chi connectivity index (χ2n) is 5.08. The molecule has 0 nitrogen and oxygen atoms in total. The Balaban J connectivity index is 2.61.